The summed E-state index contributed by atoms with van der Waals surface area (Å²) in [5.74, 6) is 2.72. The number of piperidine rings is 1. The van der Waals surface area contributed by atoms with Crippen LogP contribution >= 0.6 is 0 Å². The molecular formula is C16H21N5. The lowest BCUT2D eigenvalue weighted by Gasteiger charge is -2.31. The minimum Gasteiger partial charge on any atom is -0.366 e. The Morgan fingerprint density at radius 1 is 1.19 bits per heavy atom. The number of anilines is 2. The van der Waals surface area contributed by atoms with Crippen LogP contribution in [0.1, 0.15) is 25.3 Å². The molecule has 0 amide bonds. The van der Waals surface area contributed by atoms with Gasteiger partial charge in [-0.1, -0.05) is 6.92 Å². The second-order valence-corrected chi connectivity index (χ2v) is 5.64. The molecule has 0 saturated carbocycles. The zero-order valence-corrected chi connectivity index (χ0v) is 12.4. The lowest BCUT2D eigenvalue weighted by atomic mass is 9.99. The molecule has 0 spiro atoms. The van der Waals surface area contributed by atoms with Crippen molar-refractivity contribution in [1.82, 2.24) is 15.0 Å². The zero-order valence-electron chi connectivity index (χ0n) is 12.4. The molecule has 21 heavy (non-hydrogen) atoms. The van der Waals surface area contributed by atoms with Crippen molar-refractivity contribution in [3.63, 3.8) is 0 Å². The standard InChI is InChI=1S/C16H21N5/c1-13-4-8-21(9-5-13)16-10-15(19-12-20-16)18-11-14-2-6-17-7-3-14/h2-3,6-7,10,12-13H,4-5,8-9,11H2,1H3,(H,18,19,20). The Kier molecular flexibility index (Phi) is 4.28. The van der Waals surface area contributed by atoms with Crippen LogP contribution in [0.4, 0.5) is 11.6 Å². The predicted octanol–water partition coefficient (Wildman–Crippen LogP) is 2.72. The second-order valence-electron chi connectivity index (χ2n) is 5.64. The van der Waals surface area contributed by atoms with E-state index in [0.29, 0.717) is 0 Å². The van der Waals surface area contributed by atoms with E-state index in [1.807, 2.05) is 18.2 Å². The van der Waals surface area contributed by atoms with Crippen LogP contribution in [0.2, 0.25) is 0 Å². The second kappa shape index (κ2) is 6.52. The first-order chi connectivity index (χ1) is 10.3. The fraction of sp³-hybridized carbons (Fsp3) is 0.438. The summed E-state index contributed by atoms with van der Waals surface area (Å²) in [5.41, 5.74) is 1.19. The SMILES string of the molecule is CC1CCN(c2cc(NCc3ccncc3)ncn2)CC1. The molecule has 3 heterocycles. The number of nitrogens with zero attached hydrogens (tertiary/aromatic N) is 4. The molecule has 2 aromatic rings. The van der Waals surface area contributed by atoms with Gasteiger partial charge >= 0.3 is 0 Å². The van der Waals surface area contributed by atoms with Crippen LogP contribution in [0, 0.1) is 5.92 Å². The molecule has 3 rings (SSSR count). The van der Waals surface area contributed by atoms with E-state index in [-0.39, 0.29) is 0 Å². The van der Waals surface area contributed by atoms with Gasteiger partial charge in [-0.3, -0.25) is 4.98 Å². The Hall–Kier alpha value is -2.17. The van der Waals surface area contributed by atoms with Crippen molar-refractivity contribution in [2.24, 2.45) is 5.92 Å². The van der Waals surface area contributed by atoms with Crippen LogP contribution < -0.4 is 10.2 Å². The summed E-state index contributed by atoms with van der Waals surface area (Å²) >= 11 is 0. The molecule has 0 unspecified atom stereocenters. The van der Waals surface area contributed by atoms with Crippen LogP contribution in [0.25, 0.3) is 0 Å². The maximum Gasteiger partial charge on any atom is 0.134 e. The van der Waals surface area contributed by atoms with Crippen molar-refractivity contribution in [3.8, 4) is 0 Å². The van der Waals surface area contributed by atoms with Gasteiger partial charge in [0.05, 0.1) is 0 Å². The van der Waals surface area contributed by atoms with Crippen molar-refractivity contribution in [3.05, 3.63) is 42.5 Å². The molecule has 0 bridgehead atoms. The van der Waals surface area contributed by atoms with Crippen molar-refractivity contribution in [1.29, 1.82) is 0 Å². The highest BCUT2D eigenvalue weighted by Crippen LogP contribution is 2.22. The molecule has 0 aliphatic carbocycles. The van der Waals surface area contributed by atoms with Crippen LogP contribution in [-0.4, -0.2) is 28.0 Å². The summed E-state index contributed by atoms with van der Waals surface area (Å²) in [6.45, 7) is 5.24. The number of rotatable bonds is 4. The molecule has 5 heteroatoms. The molecule has 0 atom stereocenters. The number of nitrogens with one attached hydrogen (secondary N) is 1. The van der Waals surface area contributed by atoms with Gasteiger partial charge in [0, 0.05) is 38.1 Å². The molecule has 1 aliphatic rings. The maximum atomic E-state index is 4.41. The van der Waals surface area contributed by atoms with E-state index in [9.17, 15) is 0 Å². The third-order valence-electron chi connectivity index (χ3n) is 3.98. The van der Waals surface area contributed by atoms with Crippen LogP contribution in [0.3, 0.4) is 0 Å². The third-order valence-corrected chi connectivity index (χ3v) is 3.98. The minimum atomic E-state index is 0.746. The Balaban J connectivity index is 1.63. The Morgan fingerprint density at radius 2 is 1.95 bits per heavy atom. The fourth-order valence-electron chi connectivity index (χ4n) is 2.55. The van der Waals surface area contributed by atoms with Crippen molar-refractivity contribution in [2.45, 2.75) is 26.3 Å². The van der Waals surface area contributed by atoms with Gasteiger partial charge in [0.25, 0.3) is 0 Å². The summed E-state index contributed by atoms with van der Waals surface area (Å²) in [6.07, 6.45) is 7.73. The third kappa shape index (κ3) is 3.68. The molecule has 0 radical (unpaired) electrons. The smallest absolute Gasteiger partial charge is 0.134 e. The van der Waals surface area contributed by atoms with Gasteiger partial charge in [-0.05, 0) is 36.5 Å². The largest absolute Gasteiger partial charge is 0.366 e. The van der Waals surface area contributed by atoms with Gasteiger partial charge < -0.3 is 10.2 Å². The maximum absolute atomic E-state index is 4.41. The van der Waals surface area contributed by atoms with E-state index in [2.05, 4.69) is 32.1 Å². The first kappa shape index (κ1) is 13.8. The quantitative estimate of drug-likeness (QED) is 0.935. The van der Waals surface area contributed by atoms with Crippen LogP contribution in [0.5, 0.6) is 0 Å². The predicted molar refractivity (Wildman–Crippen MR) is 84.2 cm³/mol. The first-order valence-electron chi connectivity index (χ1n) is 7.51. The number of hydrogen-bond acceptors (Lipinski definition) is 5. The van der Waals surface area contributed by atoms with Gasteiger partial charge in [0.1, 0.15) is 18.0 Å². The van der Waals surface area contributed by atoms with Crippen molar-refractivity contribution < 1.29 is 0 Å². The molecule has 1 aliphatic heterocycles. The molecule has 1 fully saturated rings. The van der Waals surface area contributed by atoms with E-state index in [4.69, 9.17) is 0 Å². The van der Waals surface area contributed by atoms with Gasteiger partial charge in [0.15, 0.2) is 0 Å². The monoisotopic (exact) mass is 283 g/mol. The highest BCUT2D eigenvalue weighted by molar-refractivity contribution is 5.48. The van der Waals surface area contributed by atoms with Gasteiger partial charge in [-0.2, -0.15) is 0 Å². The van der Waals surface area contributed by atoms with E-state index in [0.717, 1.165) is 37.2 Å². The Morgan fingerprint density at radius 3 is 2.71 bits per heavy atom. The van der Waals surface area contributed by atoms with Crippen LogP contribution in [0.15, 0.2) is 36.9 Å². The fourth-order valence-corrected chi connectivity index (χ4v) is 2.55. The van der Waals surface area contributed by atoms with Crippen molar-refractivity contribution in [2.75, 3.05) is 23.3 Å². The topological polar surface area (TPSA) is 53.9 Å². The number of pyridine rings is 1. The average Bonchev–Trinajstić information content (AvgIpc) is 2.55. The molecule has 0 aromatic carbocycles. The van der Waals surface area contributed by atoms with Gasteiger partial charge in [0.2, 0.25) is 0 Å². The lowest BCUT2D eigenvalue weighted by molar-refractivity contribution is 0.436. The number of hydrogen-bond donors (Lipinski definition) is 1. The average molecular weight is 283 g/mol. The Bertz CT molecular complexity index is 564. The van der Waals surface area contributed by atoms with E-state index in [1.165, 1.54) is 18.4 Å². The van der Waals surface area contributed by atoms with Crippen LogP contribution in [-0.2, 0) is 6.54 Å². The number of aromatic nitrogens is 3. The first-order valence-corrected chi connectivity index (χ1v) is 7.51. The summed E-state index contributed by atoms with van der Waals surface area (Å²) < 4.78 is 0. The Labute approximate surface area is 125 Å². The van der Waals surface area contributed by atoms with E-state index < -0.39 is 0 Å². The summed E-state index contributed by atoms with van der Waals surface area (Å²) in [5, 5.41) is 3.34. The molecule has 1 N–H and O–H groups in total. The summed E-state index contributed by atoms with van der Waals surface area (Å²) in [6, 6.07) is 6.04. The molecule has 1 saturated heterocycles. The van der Waals surface area contributed by atoms with Gasteiger partial charge in [-0.25, -0.2) is 9.97 Å². The lowest BCUT2D eigenvalue weighted by Crippen LogP contribution is -2.33. The normalized spacial score (nSPS) is 16.0. The van der Waals surface area contributed by atoms with Crippen molar-refractivity contribution >= 4 is 11.6 Å². The highest BCUT2D eigenvalue weighted by Gasteiger charge is 2.17. The summed E-state index contributed by atoms with van der Waals surface area (Å²) in [7, 11) is 0. The molecule has 110 valence electrons. The van der Waals surface area contributed by atoms with Gasteiger partial charge in [-0.15, -0.1) is 0 Å². The molecule has 2 aromatic heterocycles. The summed E-state index contributed by atoms with van der Waals surface area (Å²) in [4.78, 5) is 15.1. The molecule has 5 nitrogen and oxygen atoms in total. The zero-order chi connectivity index (χ0) is 14.5. The highest BCUT2D eigenvalue weighted by atomic mass is 15.2. The minimum absolute atomic E-state index is 0.746. The molecular weight excluding hydrogens is 262 g/mol. The van der Waals surface area contributed by atoms with E-state index in [1.54, 1.807) is 18.7 Å². The van der Waals surface area contributed by atoms with E-state index >= 15 is 0 Å².